The molecule has 0 rings (SSSR count). The number of nitrogens with one attached hydrogen (secondary N) is 1. The molecule has 0 aromatic rings. The van der Waals surface area contributed by atoms with E-state index in [1.54, 1.807) is 7.11 Å². The molecule has 3 nitrogen and oxygen atoms in total. The number of methoxy groups -OCH3 is 1. The van der Waals surface area contributed by atoms with Gasteiger partial charge in [0.1, 0.15) is 0 Å². The standard InChI is InChI=1S/C13H29NO2S/c1-5-8-14-13(12(3)6-2)11-17(15)10-7-9-16-4/h12-14H,5-11H2,1-4H3. The van der Waals surface area contributed by atoms with E-state index >= 15 is 0 Å². The van der Waals surface area contributed by atoms with Crippen molar-refractivity contribution in [3.8, 4) is 0 Å². The molecule has 1 N–H and O–H groups in total. The fourth-order valence-corrected chi connectivity index (χ4v) is 3.14. The zero-order valence-electron chi connectivity index (χ0n) is 11.8. The van der Waals surface area contributed by atoms with Crippen molar-refractivity contribution in [2.75, 3.05) is 31.8 Å². The lowest BCUT2D eigenvalue weighted by molar-refractivity contribution is 0.200. The summed E-state index contributed by atoms with van der Waals surface area (Å²) >= 11 is 0. The minimum absolute atomic E-state index is 0.392. The van der Waals surface area contributed by atoms with Crippen molar-refractivity contribution in [1.82, 2.24) is 5.32 Å². The quantitative estimate of drug-likeness (QED) is 0.581. The Labute approximate surface area is 109 Å². The molecule has 3 atom stereocenters. The summed E-state index contributed by atoms with van der Waals surface area (Å²) in [6.07, 6.45) is 3.16. The Bertz CT molecular complexity index is 200. The van der Waals surface area contributed by atoms with E-state index in [1.165, 1.54) is 0 Å². The fraction of sp³-hybridized carbons (Fsp3) is 1.00. The average Bonchev–Trinajstić information content (AvgIpc) is 2.33. The highest BCUT2D eigenvalue weighted by Gasteiger charge is 2.17. The monoisotopic (exact) mass is 263 g/mol. The third kappa shape index (κ3) is 8.75. The molecule has 0 aromatic heterocycles. The molecule has 0 aliphatic rings. The second-order valence-electron chi connectivity index (χ2n) is 4.60. The van der Waals surface area contributed by atoms with Crippen LogP contribution >= 0.6 is 0 Å². The number of ether oxygens (including phenoxy) is 1. The summed E-state index contributed by atoms with van der Waals surface area (Å²) in [5.74, 6) is 2.13. The molecule has 104 valence electrons. The molecule has 0 amide bonds. The van der Waals surface area contributed by atoms with Crippen molar-refractivity contribution in [3.63, 3.8) is 0 Å². The molecule has 4 heteroatoms. The summed E-state index contributed by atoms with van der Waals surface area (Å²) in [4.78, 5) is 0. The maximum absolute atomic E-state index is 11.9. The van der Waals surface area contributed by atoms with Crippen LogP contribution in [0.5, 0.6) is 0 Å². The summed E-state index contributed by atoms with van der Waals surface area (Å²) in [5.41, 5.74) is 0. The smallest absolute Gasteiger partial charge is 0.0471 e. The largest absolute Gasteiger partial charge is 0.385 e. The van der Waals surface area contributed by atoms with Gasteiger partial charge in [0.05, 0.1) is 0 Å². The van der Waals surface area contributed by atoms with Crippen molar-refractivity contribution < 1.29 is 8.95 Å². The van der Waals surface area contributed by atoms with Gasteiger partial charge in [-0.3, -0.25) is 4.21 Å². The molecule has 0 saturated heterocycles. The van der Waals surface area contributed by atoms with Gasteiger partial charge in [-0.25, -0.2) is 0 Å². The van der Waals surface area contributed by atoms with E-state index in [2.05, 4.69) is 26.1 Å². The first-order chi connectivity index (χ1) is 8.15. The molecule has 0 aliphatic carbocycles. The van der Waals surface area contributed by atoms with Crippen molar-refractivity contribution in [3.05, 3.63) is 0 Å². The van der Waals surface area contributed by atoms with E-state index < -0.39 is 10.8 Å². The minimum atomic E-state index is -0.720. The van der Waals surface area contributed by atoms with Gasteiger partial charge in [-0.2, -0.15) is 0 Å². The van der Waals surface area contributed by atoms with Gasteiger partial charge in [-0.15, -0.1) is 0 Å². The molecule has 0 saturated carbocycles. The molecule has 0 aliphatic heterocycles. The minimum Gasteiger partial charge on any atom is -0.385 e. The Morgan fingerprint density at radius 3 is 2.59 bits per heavy atom. The first-order valence-corrected chi connectivity index (χ1v) is 8.21. The van der Waals surface area contributed by atoms with Crippen LogP contribution in [0.1, 0.15) is 40.0 Å². The van der Waals surface area contributed by atoms with Crippen LogP contribution in [0.4, 0.5) is 0 Å². The van der Waals surface area contributed by atoms with E-state index in [9.17, 15) is 4.21 Å². The van der Waals surface area contributed by atoms with Crippen LogP contribution in [0.25, 0.3) is 0 Å². The van der Waals surface area contributed by atoms with E-state index in [0.717, 1.165) is 37.3 Å². The molecule has 0 aromatic carbocycles. The number of hydrogen-bond donors (Lipinski definition) is 1. The third-order valence-corrected chi connectivity index (χ3v) is 4.55. The lowest BCUT2D eigenvalue weighted by Crippen LogP contribution is -2.40. The van der Waals surface area contributed by atoms with Crippen molar-refractivity contribution in [2.45, 2.75) is 46.1 Å². The van der Waals surface area contributed by atoms with E-state index in [4.69, 9.17) is 4.74 Å². The van der Waals surface area contributed by atoms with Gasteiger partial charge in [0.25, 0.3) is 0 Å². The predicted octanol–water partition coefficient (Wildman–Crippen LogP) is 2.19. The molecule has 0 bridgehead atoms. The normalized spacial score (nSPS) is 16.7. The maximum Gasteiger partial charge on any atom is 0.0471 e. The van der Waals surface area contributed by atoms with Crippen molar-refractivity contribution in [2.24, 2.45) is 5.92 Å². The Morgan fingerprint density at radius 1 is 1.35 bits per heavy atom. The van der Waals surface area contributed by atoms with Crippen LogP contribution < -0.4 is 5.32 Å². The zero-order valence-corrected chi connectivity index (χ0v) is 12.6. The summed E-state index contributed by atoms with van der Waals surface area (Å²) in [6, 6.07) is 0.392. The lowest BCUT2D eigenvalue weighted by atomic mass is 10.0. The molecular weight excluding hydrogens is 234 g/mol. The molecule has 3 unspecified atom stereocenters. The second-order valence-corrected chi connectivity index (χ2v) is 6.22. The highest BCUT2D eigenvalue weighted by molar-refractivity contribution is 7.85. The SMILES string of the molecule is CCCNC(CS(=O)CCCOC)C(C)CC. The van der Waals surface area contributed by atoms with Crippen molar-refractivity contribution >= 4 is 10.8 Å². The topological polar surface area (TPSA) is 38.3 Å². The fourth-order valence-electron chi connectivity index (χ4n) is 1.69. The van der Waals surface area contributed by atoms with Gasteiger partial charge < -0.3 is 10.1 Å². The Kier molecular flexibility index (Phi) is 11.2. The van der Waals surface area contributed by atoms with Crippen LogP contribution in [0.15, 0.2) is 0 Å². The highest BCUT2D eigenvalue weighted by atomic mass is 32.2. The number of hydrogen-bond acceptors (Lipinski definition) is 3. The summed E-state index contributed by atoms with van der Waals surface area (Å²) < 4.78 is 16.9. The average molecular weight is 263 g/mol. The van der Waals surface area contributed by atoms with Gasteiger partial charge in [-0.05, 0) is 25.3 Å². The summed E-state index contributed by atoms with van der Waals surface area (Å²) in [7, 11) is 0.968. The van der Waals surface area contributed by atoms with Crippen LogP contribution in [-0.2, 0) is 15.5 Å². The molecular formula is C13H29NO2S. The highest BCUT2D eigenvalue weighted by Crippen LogP contribution is 2.09. The van der Waals surface area contributed by atoms with Gasteiger partial charge in [0, 0.05) is 42.1 Å². The van der Waals surface area contributed by atoms with Crippen LogP contribution in [-0.4, -0.2) is 42.0 Å². The van der Waals surface area contributed by atoms with Crippen LogP contribution in [0.2, 0.25) is 0 Å². The van der Waals surface area contributed by atoms with Gasteiger partial charge in [0.15, 0.2) is 0 Å². The van der Waals surface area contributed by atoms with E-state index in [0.29, 0.717) is 18.6 Å². The summed E-state index contributed by atoms with van der Waals surface area (Å²) in [5, 5.41) is 3.52. The van der Waals surface area contributed by atoms with E-state index in [-0.39, 0.29) is 0 Å². The maximum atomic E-state index is 11.9. The molecule has 0 fully saturated rings. The van der Waals surface area contributed by atoms with Gasteiger partial charge in [0.2, 0.25) is 0 Å². The molecule has 0 spiro atoms. The Hall–Kier alpha value is 0.0700. The van der Waals surface area contributed by atoms with Gasteiger partial charge >= 0.3 is 0 Å². The lowest BCUT2D eigenvalue weighted by Gasteiger charge is -2.23. The second kappa shape index (κ2) is 11.2. The predicted molar refractivity (Wildman–Crippen MR) is 75.9 cm³/mol. The Morgan fingerprint density at radius 2 is 2.06 bits per heavy atom. The third-order valence-electron chi connectivity index (χ3n) is 3.07. The molecule has 0 heterocycles. The van der Waals surface area contributed by atoms with Gasteiger partial charge in [-0.1, -0.05) is 27.2 Å². The first-order valence-electron chi connectivity index (χ1n) is 6.72. The molecule has 0 radical (unpaired) electrons. The van der Waals surface area contributed by atoms with Crippen LogP contribution in [0.3, 0.4) is 0 Å². The molecule has 17 heavy (non-hydrogen) atoms. The summed E-state index contributed by atoms with van der Waals surface area (Å²) in [6.45, 7) is 8.32. The zero-order chi connectivity index (χ0) is 13.1. The van der Waals surface area contributed by atoms with Crippen molar-refractivity contribution in [1.29, 1.82) is 0 Å². The number of rotatable bonds is 11. The Balaban J connectivity index is 3.99. The first kappa shape index (κ1) is 17.1. The van der Waals surface area contributed by atoms with E-state index in [1.807, 2.05) is 0 Å². The van der Waals surface area contributed by atoms with Crippen LogP contribution in [0, 0.1) is 5.92 Å².